The molecule has 14 heavy (non-hydrogen) atoms. The van der Waals surface area contributed by atoms with E-state index in [0.29, 0.717) is 13.2 Å². The van der Waals surface area contributed by atoms with Crippen LogP contribution in [0.3, 0.4) is 0 Å². The molecule has 2 N–H and O–H groups in total. The fourth-order valence-electron chi connectivity index (χ4n) is 1.52. The highest BCUT2D eigenvalue weighted by Crippen LogP contribution is 2.27. The maximum atomic E-state index is 5.61. The second kappa shape index (κ2) is 4.09. The molecule has 0 aliphatic heterocycles. The number of nitrogens with two attached hydrogens (primary N) is 1. The first-order valence-electron chi connectivity index (χ1n) is 4.53. The van der Waals surface area contributed by atoms with Crippen LogP contribution in [-0.2, 0) is 17.9 Å². The van der Waals surface area contributed by atoms with Crippen LogP contribution in [0.15, 0.2) is 23.6 Å². The fourth-order valence-corrected chi connectivity index (χ4v) is 2.45. The summed E-state index contributed by atoms with van der Waals surface area (Å²) in [6.07, 6.45) is 0. The Morgan fingerprint density at radius 3 is 3.00 bits per heavy atom. The van der Waals surface area contributed by atoms with Gasteiger partial charge in [0, 0.05) is 18.4 Å². The summed E-state index contributed by atoms with van der Waals surface area (Å²) in [5, 5.41) is 3.42. The van der Waals surface area contributed by atoms with Crippen LogP contribution < -0.4 is 5.73 Å². The smallest absolute Gasteiger partial charge is 0.0727 e. The Hall–Kier alpha value is -0.900. The van der Waals surface area contributed by atoms with Crippen LogP contribution in [-0.4, -0.2) is 7.11 Å². The molecule has 0 saturated carbocycles. The lowest BCUT2D eigenvalue weighted by Gasteiger charge is -1.99. The first-order valence-corrected chi connectivity index (χ1v) is 5.41. The Labute approximate surface area is 87.3 Å². The van der Waals surface area contributed by atoms with Gasteiger partial charge in [0.25, 0.3) is 0 Å². The Morgan fingerprint density at radius 2 is 2.29 bits per heavy atom. The molecule has 0 saturated heterocycles. The largest absolute Gasteiger partial charge is 0.380 e. The second-order valence-corrected chi connectivity index (χ2v) is 4.14. The highest BCUT2D eigenvalue weighted by Gasteiger charge is 2.03. The molecule has 1 heterocycles. The predicted octanol–water partition coefficient (Wildman–Crippen LogP) is 2.51. The number of ether oxygens (including phenoxy) is 1. The van der Waals surface area contributed by atoms with E-state index in [1.807, 2.05) is 0 Å². The van der Waals surface area contributed by atoms with Gasteiger partial charge in [-0.25, -0.2) is 0 Å². The quantitative estimate of drug-likeness (QED) is 0.839. The summed E-state index contributed by atoms with van der Waals surface area (Å²) in [5.41, 5.74) is 8.03. The first kappa shape index (κ1) is 9.65. The summed E-state index contributed by atoms with van der Waals surface area (Å²) in [7, 11) is 1.72. The molecule has 2 rings (SSSR count). The van der Waals surface area contributed by atoms with Crippen molar-refractivity contribution in [1.82, 2.24) is 0 Å². The maximum absolute atomic E-state index is 5.61. The van der Waals surface area contributed by atoms with Crippen molar-refractivity contribution >= 4 is 21.4 Å². The van der Waals surface area contributed by atoms with Crippen molar-refractivity contribution in [2.45, 2.75) is 13.2 Å². The molecule has 0 fully saturated rings. The van der Waals surface area contributed by atoms with E-state index in [0.717, 1.165) is 0 Å². The molecule has 1 aromatic heterocycles. The summed E-state index contributed by atoms with van der Waals surface area (Å²) in [4.78, 5) is 0. The van der Waals surface area contributed by atoms with Gasteiger partial charge in [0.2, 0.25) is 0 Å². The highest BCUT2D eigenvalue weighted by atomic mass is 32.1. The highest BCUT2D eigenvalue weighted by molar-refractivity contribution is 7.17. The van der Waals surface area contributed by atoms with Crippen LogP contribution in [0.25, 0.3) is 10.1 Å². The summed E-state index contributed by atoms with van der Waals surface area (Å²) < 4.78 is 6.44. The number of hydrogen-bond acceptors (Lipinski definition) is 3. The normalized spacial score (nSPS) is 11.0. The summed E-state index contributed by atoms with van der Waals surface area (Å²) in [6.45, 7) is 1.27. The molecular weight excluding hydrogens is 194 g/mol. The van der Waals surface area contributed by atoms with E-state index in [9.17, 15) is 0 Å². The summed E-state index contributed by atoms with van der Waals surface area (Å²) >= 11 is 1.75. The molecule has 0 aliphatic carbocycles. The molecule has 2 nitrogen and oxygen atoms in total. The molecule has 0 spiro atoms. The lowest BCUT2D eigenvalue weighted by atomic mass is 10.1. The summed E-state index contributed by atoms with van der Waals surface area (Å²) in [5.74, 6) is 0. The number of thiophene rings is 1. The van der Waals surface area contributed by atoms with Crippen molar-refractivity contribution < 1.29 is 4.74 Å². The zero-order valence-corrected chi connectivity index (χ0v) is 8.93. The van der Waals surface area contributed by atoms with E-state index in [-0.39, 0.29) is 0 Å². The van der Waals surface area contributed by atoms with E-state index in [2.05, 4.69) is 23.6 Å². The van der Waals surface area contributed by atoms with Gasteiger partial charge in [0.05, 0.1) is 6.61 Å². The Balaban J connectivity index is 2.52. The van der Waals surface area contributed by atoms with Crippen LogP contribution in [0, 0.1) is 0 Å². The Kier molecular flexibility index (Phi) is 2.82. The van der Waals surface area contributed by atoms with Crippen molar-refractivity contribution in [3.05, 3.63) is 34.7 Å². The summed E-state index contributed by atoms with van der Waals surface area (Å²) in [6, 6.07) is 6.36. The van der Waals surface area contributed by atoms with Gasteiger partial charge in [-0.3, -0.25) is 0 Å². The molecule has 74 valence electrons. The molecule has 0 bridgehead atoms. The van der Waals surface area contributed by atoms with Gasteiger partial charge < -0.3 is 10.5 Å². The molecule has 1 aromatic carbocycles. The minimum Gasteiger partial charge on any atom is -0.380 e. The van der Waals surface area contributed by atoms with Gasteiger partial charge in [0.1, 0.15) is 0 Å². The second-order valence-electron chi connectivity index (χ2n) is 3.23. The third-order valence-electron chi connectivity index (χ3n) is 2.25. The van der Waals surface area contributed by atoms with Gasteiger partial charge >= 0.3 is 0 Å². The lowest BCUT2D eigenvalue weighted by Crippen LogP contribution is -1.95. The van der Waals surface area contributed by atoms with Crippen molar-refractivity contribution in [1.29, 1.82) is 0 Å². The predicted molar refractivity (Wildman–Crippen MR) is 60.4 cm³/mol. The lowest BCUT2D eigenvalue weighted by molar-refractivity contribution is 0.186. The Morgan fingerprint density at radius 1 is 1.43 bits per heavy atom. The SMILES string of the molecule is COCc1csc2ccc(CN)cc12. The first-order chi connectivity index (χ1) is 6.85. The number of rotatable bonds is 3. The number of methoxy groups -OCH3 is 1. The van der Waals surface area contributed by atoms with Crippen LogP contribution in [0.4, 0.5) is 0 Å². The number of hydrogen-bond donors (Lipinski definition) is 1. The third kappa shape index (κ3) is 1.66. The van der Waals surface area contributed by atoms with Crippen molar-refractivity contribution in [2.75, 3.05) is 7.11 Å². The van der Waals surface area contributed by atoms with Crippen molar-refractivity contribution in [3.63, 3.8) is 0 Å². The number of benzene rings is 1. The number of fused-ring (bicyclic) bond motifs is 1. The van der Waals surface area contributed by atoms with Gasteiger partial charge in [-0.15, -0.1) is 11.3 Å². The minimum atomic E-state index is 0.595. The van der Waals surface area contributed by atoms with E-state index in [1.54, 1.807) is 18.4 Å². The molecule has 0 atom stereocenters. The van der Waals surface area contributed by atoms with E-state index in [4.69, 9.17) is 10.5 Å². The molecular formula is C11H13NOS. The van der Waals surface area contributed by atoms with E-state index in [1.165, 1.54) is 21.2 Å². The molecule has 0 aliphatic rings. The standard InChI is InChI=1S/C11H13NOS/c1-13-6-9-7-14-11-3-2-8(5-12)4-10(9)11/h2-4,7H,5-6,12H2,1H3. The Bertz CT molecular complexity index is 436. The van der Waals surface area contributed by atoms with Crippen LogP contribution in [0.2, 0.25) is 0 Å². The minimum absolute atomic E-state index is 0.595. The molecule has 0 radical (unpaired) electrons. The van der Waals surface area contributed by atoms with Crippen molar-refractivity contribution in [2.24, 2.45) is 5.73 Å². The molecule has 0 amide bonds. The fraction of sp³-hybridized carbons (Fsp3) is 0.273. The van der Waals surface area contributed by atoms with Gasteiger partial charge in [-0.05, 0) is 34.0 Å². The molecule has 0 unspecified atom stereocenters. The topological polar surface area (TPSA) is 35.2 Å². The van der Waals surface area contributed by atoms with E-state index < -0.39 is 0 Å². The van der Waals surface area contributed by atoms with Crippen LogP contribution >= 0.6 is 11.3 Å². The monoisotopic (exact) mass is 207 g/mol. The van der Waals surface area contributed by atoms with Gasteiger partial charge in [0.15, 0.2) is 0 Å². The average molecular weight is 207 g/mol. The van der Waals surface area contributed by atoms with Crippen LogP contribution in [0.5, 0.6) is 0 Å². The maximum Gasteiger partial charge on any atom is 0.0727 e. The van der Waals surface area contributed by atoms with Gasteiger partial charge in [-0.2, -0.15) is 0 Å². The van der Waals surface area contributed by atoms with Crippen LogP contribution in [0.1, 0.15) is 11.1 Å². The zero-order chi connectivity index (χ0) is 9.97. The molecule has 3 heteroatoms. The third-order valence-corrected chi connectivity index (χ3v) is 3.27. The molecule has 2 aromatic rings. The van der Waals surface area contributed by atoms with E-state index >= 15 is 0 Å². The average Bonchev–Trinajstić information content (AvgIpc) is 2.61. The van der Waals surface area contributed by atoms with Gasteiger partial charge in [-0.1, -0.05) is 6.07 Å². The van der Waals surface area contributed by atoms with Crippen molar-refractivity contribution in [3.8, 4) is 0 Å². The zero-order valence-electron chi connectivity index (χ0n) is 8.12.